The average Bonchev–Trinajstić information content (AvgIpc) is 2.96. The van der Waals surface area contributed by atoms with Gasteiger partial charge in [0.2, 0.25) is 0 Å². The minimum atomic E-state index is -0.363. The number of hydrogen-bond donors (Lipinski definition) is 0. The lowest BCUT2D eigenvalue weighted by Crippen LogP contribution is -2.10. The summed E-state index contributed by atoms with van der Waals surface area (Å²) in [5.41, 5.74) is 2.31. The lowest BCUT2D eigenvalue weighted by molar-refractivity contribution is 0.0528. The van der Waals surface area contributed by atoms with Gasteiger partial charge < -0.3 is 4.74 Å². The van der Waals surface area contributed by atoms with Crippen molar-refractivity contribution in [2.24, 2.45) is 0 Å². The Balaban J connectivity index is 2.12. The van der Waals surface area contributed by atoms with E-state index in [1.54, 1.807) is 17.6 Å². The van der Waals surface area contributed by atoms with E-state index in [1.807, 2.05) is 6.07 Å². The summed E-state index contributed by atoms with van der Waals surface area (Å²) >= 11 is 0. The number of ether oxygens (including phenoxy) is 1. The van der Waals surface area contributed by atoms with Gasteiger partial charge in [0.1, 0.15) is 5.56 Å². The van der Waals surface area contributed by atoms with Gasteiger partial charge in [-0.3, -0.25) is 0 Å². The van der Waals surface area contributed by atoms with Crippen LogP contribution in [0.25, 0.3) is 5.65 Å². The molecule has 5 nitrogen and oxygen atoms in total. The lowest BCUT2D eigenvalue weighted by Gasteiger charge is -2.10. The number of fused-ring (bicyclic) bond motifs is 1. The fourth-order valence-electron chi connectivity index (χ4n) is 2.14. The van der Waals surface area contributed by atoms with Gasteiger partial charge in [-0.2, -0.15) is 5.10 Å². The molecule has 0 saturated heterocycles. The van der Waals surface area contributed by atoms with Crippen molar-refractivity contribution in [3.05, 3.63) is 29.7 Å². The quantitative estimate of drug-likeness (QED) is 0.776. The molecule has 0 aliphatic heterocycles. The molecule has 0 N–H and O–H groups in total. The monoisotopic (exact) mass is 245 g/mol. The van der Waals surface area contributed by atoms with Crippen LogP contribution in [0, 0.1) is 0 Å². The Morgan fingerprint density at radius 1 is 1.56 bits per heavy atom. The van der Waals surface area contributed by atoms with Crippen molar-refractivity contribution < 1.29 is 9.53 Å². The Labute approximate surface area is 105 Å². The molecule has 1 fully saturated rings. The van der Waals surface area contributed by atoms with Crippen LogP contribution in [-0.2, 0) is 10.2 Å². The van der Waals surface area contributed by atoms with E-state index in [9.17, 15) is 4.79 Å². The van der Waals surface area contributed by atoms with Crippen LogP contribution in [-0.4, -0.2) is 27.2 Å². The second-order valence-electron chi connectivity index (χ2n) is 4.90. The number of rotatable bonds is 3. The third kappa shape index (κ3) is 1.58. The molecule has 0 unspecified atom stereocenters. The fraction of sp³-hybridized carbons (Fsp3) is 0.462. The van der Waals surface area contributed by atoms with E-state index >= 15 is 0 Å². The second-order valence-corrected chi connectivity index (χ2v) is 4.90. The van der Waals surface area contributed by atoms with Crippen LogP contribution in [0.2, 0.25) is 0 Å². The Kier molecular flexibility index (Phi) is 2.36. The molecule has 0 amide bonds. The van der Waals surface area contributed by atoms with E-state index in [4.69, 9.17) is 4.74 Å². The summed E-state index contributed by atoms with van der Waals surface area (Å²) in [6.45, 7) is 4.34. The SMILES string of the molecule is CCOC(=O)c1cnn2c(C3(C)CC3)ccnc12. The van der Waals surface area contributed by atoms with E-state index in [0.717, 1.165) is 18.5 Å². The molecule has 2 heterocycles. The predicted molar refractivity (Wildman–Crippen MR) is 65.5 cm³/mol. The summed E-state index contributed by atoms with van der Waals surface area (Å²) in [6, 6.07) is 1.97. The molecular weight excluding hydrogens is 230 g/mol. The summed E-state index contributed by atoms with van der Waals surface area (Å²) in [6.07, 6.45) is 5.58. The summed E-state index contributed by atoms with van der Waals surface area (Å²) in [5.74, 6) is -0.363. The molecule has 1 saturated carbocycles. The first-order valence-corrected chi connectivity index (χ1v) is 6.16. The Hall–Kier alpha value is -1.91. The maximum Gasteiger partial charge on any atom is 0.343 e. The Morgan fingerprint density at radius 3 is 3.00 bits per heavy atom. The number of aromatic nitrogens is 3. The van der Waals surface area contributed by atoms with Gasteiger partial charge in [-0.1, -0.05) is 6.92 Å². The van der Waals surface area contributed by atoms with Crippen LogP contribution in [0.3, 0.4) is 0 Å². The number of carbonyl (C=O) groups excluding carboxylic acids is 1. The van der Waals surface area contributed by atoms with Crippen LogP contribution in [0.5, 0.6) is 0 Å². The number of esters is 1. The van der Waals surface area contributed by atoms with Crippen LogP contribution in [0.15, 0.2) is 18.5 Å². The zero-order valence-corrected chi connectivity index (χ0v) is 10.5. The van der Waals surface area contributed by atoms with Gasteiger partial charge in [0.25, 0.3) is 0 Å². The molecule has 2 aromatic rings. The molecule has 0 aromatic carbocycles. The van der Waals surface area contributed by atoms with Crippen molar-refractivity contribution in [1.82, 2.24) is 14.6 Å². The summed E-state index contributed by atoms with van der Waals surface area (Å²) in [4.78, 5) is 16.0. The Morgan fingerprint density at radius 2 is 2.33 bits per heavy atom. The topological polar surface area (TPSA) is 56.5 Å². The van der Waals surface area contributed by atoms with Crippen LogP contribution in [0.1, 0.15) is 42.7 Å². The molecule has 2 aromatic heterocycles. The predicted octanol–water partition coefficient (Wildman–Crippen LogP) is 1.96. The third-order valence-electron chi connectivity index (χ3n) is 3.51. The number of carbonyl (C=O) groups is 1. The number of hydrogen-bond acceptors (Lipinski definition) is 4. The molecule has 1 aliphatic carbocycles. The maximum atomic E-state index is 11.8. The first-order valence-electron chi connectivity index (χ1n) is 6.16. The molecule has 0 atom stereocenters. The lowest BCUT2D eigenvalue weighted by atomic mass is 10.1. The van der Waals surface area contributed by atoms with E-state index in [-0.39, 0.29) is 11.4 Å². The largest absolute Gasteiger partial charge is 0.462 e. The van der Waals surface area contributed by atoms with Crippen molar-refractivity contribution in [2.75, 3.05) is 6.61 Å². The van der Waals surface area contributed by atoms with Gasteiger partial charge in [0.15, 0.2) is 5.65 Å². The molecule has 0 bridgehead atoms. The van der Waals surface area contributed by atoms with Gasteiger partial charge in [-0.15, -0.1) is 0 Å². The van der Waals surface area contributed by atoms with Gasteiger partial charge in [-0.25, -0.2) is 14.3 Å². The number of nitrogens with zero attached hydrogens (tertiary/aromatic N) is 3. The molecule has 0 spiro atoms. The van der Waals surface area contributed by atoms with Crippen molar-refractivity contribution >= 4 is 11.6 Å². The van der Waals surface area contributed by atoms with Crippen molar-refractivity contribution in [2.45, 2.75) is 32.1 Å². The Bertz CT molecular complexity index is 614. The minimum absolute atomic E-state index is 0.180. The molecule has 1 aliphatic rings. The highest BCUT2D eigenvalue weighted by Crippen LogP contribution is 2.47. The van der Waals surface area contributed by atoms with Gasteiger partial charge >= 0.3 is 5.97 Å². The molecule has 94 valence electrons. The van der Waals surface area contributed by atoms with Crippen LogP contribution in [0.4, 0.5) is 0 Å². The standard InChI is InChI=1S/C13H15N3O2/c1-3-18-12(17)9-8-15-16-10(13(2)5-6-13)4-7-14-11(9)16/h4,7-8H,3,5-6H2,1-2H3. The highest BCUT2D eigenvalue weighted by Gasteiger charge is 2.41. The first-order chi connectivity index (χ1) is 8.65. The van der Waals surface area contributed by atoms with Gasteiger partial charge in [0, 0.05) is 11.6 Å². The molecule has 18 heavy (non-hydrogen) atoms. The molecule has 5 heteroatoms. The zero-order valence-electron chi connectivity index (χ0n) is 10.5. The van der Waals surface area contributed by atoms with Crippen molar-refractivity contribution in [1.29, 1.82) is 0 Å². The van der Waals surface area contributed by atoms with E-state index in [0.29, 0.717) is 17.8 Å². The molecule has 0 radical (unpaired) electrons. The average molecular weight is 245 g/mol. The third-order valence-corrected chi connectivity index (χ3v) is 3.51. The second kappa shape index (κ2) is 3.80. The molecule has 3 rings (SSSR count). The summed E-state index contributed by atoms with van der Waals surface area (Å²) in [5, 5.41) is 4.28. The fourth-order valence-corrected chi connectivity index (χ4v) is 2.14. The van der Waals surface area contributed by atoms with Crippen LogP contribution < -0.4 is 0 Å². The smallest absolute Gasteiger partial charge is 0.343 e. The van der Waals surface area contributed by atoms with E-state index in [1.165, 1.54) is 6.20 Å². The maximum absolute atomic E-state index is 11.8. The van der Waals surface area contributed by atoms with Gasteiger partial charge in [0.05, 0.1) is 18.5 Å². The molecular formula is C13H15N3O2. The van der Waals surface area contributed by atoms with Crippen LogP contribution >= 0.6 is 0 Å². The van der Waals surface area contributed by atoms with E-state index < -0.39 is 0 Å². The van der Waals surface area contributed by atoms with Crippen molar-refractivity contribution in [3.8, 4) is 0 Å². The van der Waals surface area contributed by atoms with Crippen molar-refractivity contribution in [3.63, 3.8) is 0 Å². The summed E-state index contributed by atoms with van der Waals surface area (Å²) in [7, 11) is 0. The highest BCUT2D eigenvalue weighted by atomic mass is 16.5. The zero-order chi connectivity index (χ0) is 12.8. The van der Waals surface area contributed by atoms with Gasteiger partial charge in [-0.05, 0) is 25.8 Å². The van der Waals surface area contributed by atoms with E-state index in [2.05, 4.69) is 17.0 Å². The normalized spacial score (nSPS) is 16.8. The summed E-state index contributed by atoms with van der Waals surface area (Å²) < 4.78 is 6.77. The minimum Gasteiger partial charge on any atom is -0.462 e. The highest BCUT2D eigenvalue weighted by molar-refractivity contribution is 5.95. The first kappa shape index (κ1) is 11.2.